The molecule has 0 aliphatic rings. The molecular formula is C22H20F2N6O2. The molecule has 1 unspecified atom stereocenters. The topological polar surface area (TPSA) is 112 Å². The molecule has 0 aliphatic heterocycles. The number of carbonyl (C=O) groups excluding carboxylic acids is 1. The fraction of sp³-hybridized carbons (Fsp3) is 0.182. The van der Waals surface area contributed by atoms with Crippen molar-refractivity contribution in [3.63, 3.8) is 0 Å². The first-order valence-electron chi connectivity index (χ1n) is 9.69. The summed E-state index contributed by atoms with van der Waals surface area (Å²) in [4.78, 5) is 17.2. The van der Waals surface area contributed by atoms with Crippen molar-refractivity contribution in [3.05, 3.63) is 83.4 Å². The van der Waals surface area contributed by atoms with E-state index in [-0.39, 0.29) is 23.6 Å². The normalized spacial score (nSPS) is 13.0. The second-order valence-electron chi connectivity index (χ2n) is 7.57. The van der Waals surface area contributed by atoms with Crippen LogP contribution in [0, 0.1) is 11.6 Å². The molecule has 0 spiro atoms. The first-order chi connectivity index (χ1) is 15.3. The lowest BCUT2D eigenvalue weighted by atomic mass is 9.80. The van der Waals surface area contributed by atoms with Gasteiger partial charge in [0.15, 0.2) is 11.5 Å². The second kappa shape index (κ2) is 8.22. The van der Waals surface area contributed by atoms with Crippen molar-refractivity contribution >= 4 is 11.7 Å². The molecule has 0 aliphatic carbocycles. The van der Waals surface area contributed by atoms with E-state index in [9.17, 15) is 13.6 Å². The minimum atomic E-state index is -0.815. The number of benzene rings is 1. The van der Waals surface area contributed by atoms with E-state index in [2.05, 4.69) is 20.6 Å². The number of rotatable bonds is 6. The van der Waals surface area contributed by atoms with Crippen LogP contribution in [-0.2, 0) is 12.5 Å². The van der Waals surface area contributed by atoms with Crippen LogP contribution in [0.4, 0.5) is 14.6 Å². The predicted molar refractivity (Wildman–Crippen MR) is 112 cm³/mol. The largest absolute Gasteiger partial charge is 0.384 e. The first-order valence-corrected chi connectivity index (χ1v) is 9.69. The van der Waals surface area contributed by atoms with Crippen LogP contribution in [0.25, 0.3) is 11.3 Å². The van der Waals surface area contributed by atoms with Crippen molar-refractivity contribution in [1.29, 1.82) is 0 Å². The van der Waals surface area contributed by atoms with Crippen molar-refractivity contribution in [2.24, 2.45) is 7.05 Å². The van der Waals surface area contributed by atoms with Gasteiger partial charge in [-0.05, 0) is 31.2 Å². The molecule has 10 heteroatoms. The zero-order valence-corrected chi connectivity index (χ0v) is 17.3. The maximum absolute atomic E-state index is 14.0. The van der Waals surface area contributed by atoms with Crippen molar-refractivity contribution in [1.82, 2.24) is 25.2 Å². The molecule has 0 fully saturated rings. The number of halogens is 2. The molecule has 8 nitrogen and oxygen atoms in total. The third-order valence-corrected chi connectivity index (χ3v) is 5.22. The Labute approximate surface area is 182 Å². The number of carbonyl (C=O) groups is 1. The highest BCUT2D eigenvalue weighted by Crippen LogP contribution is 2.30. The van der Waals surface area contributed by atoms with E-state index in [1.807, 2.05) is 19.2 Å². The zero-order valence-electron chi connectivity index (χ0n) is 17.3. The molecule has 0 saturated heterocycles. The van der Waals surface area contributed by atoms with Gasteiger partial charge in [0, 0.05) is 37.5 Å². The molecular weight excluding hydrogens is 418 g/mol. The van der Waals surface area contributed by atoms with E-state index in [4.69, 9.17) is 10.3 Å². The molecule has 3 N–H and O–H groups in total. The number of nitrogen functional groups attached to an aromatic ring is 1. The van der Waals surface area contributed by atoms with Gasteiger partial charge in [-0.2, -0.15) is 5.10 Å². The predicted octanol–water partition coefficient (Wildman–Crippen LogP) is 3.07. The number of anilines is 1. The maximum atomic E-state index is 14.0. The number of nitrogens with two attached hydrogens (primary N) is 1. The molecule has 4 aromatic rings. The van der Waals surface area contributed by atoms with Gasteiger partial charge in [-0.15, -0.1) is 0 Å². The Kier molecular flexibility index (Phi) is 5.43. The summed E-state index contributed by atoms with van der Waals surface area (Å²) in [6.45, 7) is 2.06. The second-order valence-corrected chi connectivity index (χ2v) is 7.57. The summed E-state index contributed by atoms with van der Waals surface area (Å²) in [6.07, 6.45) is 3.53. The molecule has 1 aromatic carbocycles. The fourth-order valence-corrected chi connectivity index (χ4v) is 3.35. The highest BCUT2D eigenvalue weighted by Gasteiger charge is 2.33. The lowest BCUT2D eigenvalue weighted by Crippen LogP contribution is -2.40. The summed E-state index contributed by atoms with van der Waals surface area (Å²) in [5.74, 6) is -1.69. The van der Waals surface area contributed by atoms with Gasteiger partial charge in [-0.1, -0.05) is 11.2 Å². The summed E-state index contributed by atoms with van der Waals surface area (Å²) in [7, 11) is 1.79. The third-order valence-electron chi connectivity index (χ3n) is 5.22. The van der Waals surface area contributed by atoms with Gasteiger partial charge >= 0.3 is 0 Å². The van der Waals surface area contributed by atoms with Crippen LogP contribution < -0.4 is 11.1 Å². The van der Waals surface area contributed by atoms with Crippen LogP contribution in [0.5, 0.6) is 0 Å². The minimum absolute atomic E-state index is 0.00195. The number of pyridine rings is 1. The Morgan fingerprint density at radius 3 is 2.75 bits per heavy atom. The molecule has 1 amide bonds. The number of nitrogens with zero attached hydrogens (tertiary/aromatic N) is 4. The number of nitrogens with one attached hydrogen (secondary N) is 1. The van der Waals surface area contributed by atoms with Gasteiger partial charge in [-0.3, -0.25) is 9.48 Å². The van der Waals surface area contributed by atoms with E-state index in [1.165, 1.54) is 12.1 Å². The summed E-state index contributed by atoms with van der Waals surface area (Å²) in [5, 5.41) is 10.8. The monoisotopic (exact) mass is 438 g/mol. The highest BCUT2D eigenvalue weighted by molar-refractivity contribution is 5.93. The van der Waals surface area contributed by atoms with Crippen molar-refractivity contribution in [2.75, 3.05) is 12.3 Å². The molecule has 3 aromatic heterocycles. The molecule has 0 bridgehead atoms. The maximum Gasteiger partial charge on any atom is 0.273 e. The number of aryl methyl sites for hydroxylation is 1. The Bertz CT molecular complexity index is 1280. The highest BCUT2D eigenvalue weighted by atomic mass is 19.1. The summed E-state index contributed by atoms with van der Waals surface area (Å²) in [5.41, 5.74) is 6.57. The van der Waals surface area contributed by atoms with Crippen LogP contribution in [-0.4, -0.2) is 32.4 Å². The van der Waals surface area contributed by atoms with E-state index in [1.54, 1.807) is 30.1 Å². The van der Waals surface area contributed by atoms with Crippen molar-refractivity contribution in [2.45, 2.75) is 12.3 Å². The number of aromatic nitrogens is 4. The fourth-order valence-electron chi connectivity index (χ4n) is 3.35. The SMILES string of the molecule is Cn1cc(C(C)(CNC(=O)c2cc(-c3ccc(F)cc3F)on2)c2cccc(N)n2)cn1. The van der Waals surface area contributed by atoms with Crippen LogP contribution in [0.2, 0.25) is 0 Å². The van der Waals surface area contributed by atoms with Gasteiger partial charge in [0.1, 0.15) is 17.5 Å². The Balaban J connectivity index is 1.58. The quantitative estimate of drug-likeness (QED) is 0.479. The molecule has 32 heavy (non-hydrogen) atoms. The Hall–Kier alpha value is -4.08. The molecule has 0 radical (unpaired) electrons. The number of hydrogen-bond acceptors (Lipinski definition) is 6. The summed E-state index contributed by atoms with van der Waals surface area (Å²) >= 11 is 0. The third kappa shape index (κ3) is 4.07. The van der Waals surface area contributed by atoms with Crippen LogP contribution in [0.15, 0.2) is 59.4 Å². The van der Waals surface area contributed by atoms with Gasteiger partial charge < -0.3 is 15.6 Å². The number of amides is 1. The van der Waals surface area contributed by atoms with Crippen molar-refractivity contribution < 1.29 is 18.1 Å². The van der Waals surface area contributed by atoms with Gasteiger partial charge in [-0.25, -0.2) is 13.8 Å². The Morgan fingerprint density at radius 2 is 2.06 bits per heavy atom. The lowest BCUT2D eigenvalue weighted by Gasteiger charge is -2.28. The standard InChI is InChI=1S/C22H20F2N6O2/c1-22(13-10-27-30(2)11-13,19-4-3-5-20(25)28-19)12-26-21(31)17-9-18(32-29-17)15-7-6-14(23)8-16(15)24/h3-11H,12H2,1-2H3,(H2,25,28)(H,26,31). The van der Waals surface area contributed by atoms with Gasteiger partial charge in [0.25, 0.3) is 5.91 Å². The molecule has 4 rings (SSSR count). The van der Waals surface area contributed by atoms with Crippen LogP contribution in [0.3, 0.4) is 0 Å². The average molecular weight is 438 g/mol. The van der Waals surface area contributed by atoms with E-state index < -0.39 is 23.0 Å². The molecule has 3 heterocycles. The Morgan fingerprint density at radius 1 is 1.25 bits per heavy atom. The molecule has 0 saturated carbocycles. The van der Waals surface area contributed by atoms with Crippen LogP contribution in [0.1, 0.15) is 28.7 Å². The van der Waals surface area contributed by atoms with E-state index in [0.717, 1.165) is 17.7 Å². The average Bonchev–Trinajstić information content (AvgIpc) is 3.41. The molecule has 164 valence electrons. The smallest absolute Gasteiger partial charge is 0.273 e. The van der Waals surface area contributed by atoms with Gasteiger partial charge in [0.2, 0.25) is 0 Å². The number of hydrogen-bond donors (Lipinski definition) is 2. The minimum Gasteiger partial charge on any atom is -0.384 e. The zero-order chi connectivity index (χ0) is 22.9. The lowest BCUT2D eigenvalue weighted by molar-refractivity contribution is 0.0938. The van der Waals surface area contributed by atoms with E-state index in [0.29, 0.717) is 11.5 Å². The first kappa shape index (κ1) is 21.2. The van der Waals surface area contributed by atoms with Crippen molar-refractivity contribution in [3.8, 4) is 11.3 Å². The summed E-state index contributed by atoms with van der Waals surface area (Å²) < 4.78 is 33.9. The van der Waals surface area contributed by atoms with E-state index >= 15 is 0 Å². The van der Waals surface area contributed by atoms with Gasteiger partial charge in [0.05, 0.1) is 22.9 Å². The summed E-state index contributed by atoms with van der Waals surface area (Å²) in [6, 6.07) is 9.63. The molecule has 1 atom stereocenters. The van der Waals surface area contributed by atoms with Crippen LogP contribution >= 0.6 is 0 Å².